The summed E-state index contributed by atoms with van der Waals surface area (Å²) in [6, 6.07) is 0. The second kappa shape index (κ2) is 8.89. The molecule has 3 heteroatoms. The van der Waals surface area contributed by atoms with Gasteiger partial charge in [0.25, 0.3) is 0 Å². The minimum atomic E-state index is 0.440. The minimum absolute atomic E-state index is 0.440. The van der Waals surface area contributed by atoms with Crippen molar-refractivity contribution in [3.8, 4) is 0 Å². The topological polar surface area (TPSA) is 24.5 Å². The fraction of sp³-hybridized carbons (Fsp3) is 1.00. The van der Waals surface area contributed by atoms with Crippen molar-refractivity contribution in [1.82, 2.24) is 10.2 Å². The maximum Gasteiger partial charge on any atom is 0.0472 e. The van der Waals surface area contributed by atoms with Gasteiger partial charge in [-0.1, -0.05) is 20.3 Å². The average molecular weight is 256 g/mol. The van der Waals surface area contributed by atoms with E-state index in [0.29, 0.717) is 5.41 Å². The third-order valence-electron chi connectivity index (χ3n) is 3.98. The second-order valence-electron chi connectivity index (χ2n) is 5.88. The molecule has 0 aromatic rings. The van der Waals surface area contributed by atoms with Crippen molar-refractivity contribution >= 4 is 0 Å². The number of rotatable bonds is 9. The van der Waals surface area contributed by atoms with Gasteiger partial charge in [0.05, 0.1) is 0 Å². The monoisotopic (exact) mass is 256 g/mol. The fourth-order valence-corrected chi connectivity index (χ4v) is 2.81. The molecular weight excluding hydrogens is 224 g/mol. The highest BCUT2D eigenvalue weighted by molar-refractivity contribution is 4.86. The highest BCUT2D eigenvalue weighted by atomic mass is 16.5. The minimum Gasteiger partial charge on any atom is -0.381 e. The van der Waals surface area contributed by atoms with E-state index >= 15 is 0 Å². The van der Waals surface area contributed by atoms with E-state index in [9.17, 15) is 0 Å². The normalized spacial score (nSPS) is 19.3. The Morgan fingerprint density at radius 2 is 1.89 bits per heavy atom. The molecule has 1 rings (SSSR count). The Balaban J connectivity index is 2.42. The molecule has 108 valence electrons. The SMILES string of the molecule is CCCCN(C)CC1(CNCCC)CCOCC1. The zero-order valence-electron chi connectivity index (χ0n) is 12.6. The van der Waals surface area contributed by atoms with Crippen LogP contribution in [-0.4, -0.2) is 51.3 Å². The van der Waals surface area contributed by atoms with Crippen LogP contribution in [0.1, 0.15) is 46.0 Å². The summed E-state index contributed by atoms with van der Waals surface area (Å²) in [4.78, 5) is 2.52. The predicted molar refractivity (Wildman–Crippen MR) is 78.1 cm³/mol. The van der Waals surface area contributed by atoms with Crippen LogP contribution in [0.3, 0.4) is 0 Å². The van der Waals surface area contributed by atoms with Gasteiger partial charge in [0.15, 0.2) is 0 Å². The number of nitrogens with one attached hydrogen (secondary N) is 1. The Morgan fingerprint density at radius 1 is 1.17 bits per heavy atom. The van der Waals surface area contributed by atoms with Crippen LogP contribution in [0.4, 0.5) is 0 Å². The molecule has 0 aliphatic carbocycles. The highest BCUT2D eigenvalue weighted by Gasteiger charge is 2.33. The van der Waals surface area contributed by atoms with Gasteiger partial charge < -0.3 is 15.0 Å². The van der Waals surface area contributed by atoms with Gasteiger partial charge in [0.1, 0.15) is 0 Å². The first kappa shape index (κ1) is 15.9. The molecule has 0 saturated carbocycles. The lowest BCUT2D eigenvalue weighted by Crippen LogP contribution is -2.46. The Bertz CT molecular complexity index is 203. The van der Waals surface area contributed by atoms with E-state index in [1.165, 1.54) is 45.2 Å². The fourth-order valence-electron chi connectivity index (χ4n) is 2.81. The van der Waals surface area contributed by atoms with Crippen molar-refractivity contribution < 1.29 is 4.74 Å². The van der Waals surface area contributed by atoms with Crippen LogP contribution in [0.25, 0.3) is 0 Å². The van der Waals surface area contributed by atoms with E-state index in [1.807, 2.05) is 0 Å². The maximum atomic E-state index is 5.55. The first-order valence-corrected chi connectivity index (χ1v) is 7.69. The molecule has 0 amide bonds. The molecule has 1 fully saturated rings. The first-order valence-electron chi connectivity index (χ1n) is 7.69. The zero-order valence-corrected chi connectivity index (χ0v) is 12.6. The lowest BCUT2D eigenvalue weighted by Gasteiger charge is -2.40. The Hall–Kier alpha value is -0.120. The summed E-state index contributed by atoms with van der Waals surface area (Å²) >= 11 is 0. The molecule has 18 heavy (non-hydrogen) atoms. The molecule has 3 nitrogen and oxygen atoms in total. The molecule has 0 atom stereocenters. The molecule has 0 unspecified atom stereocenters. The van der Waals surface area contributed by atoms with Crippen molar-refractivity contribution in [2.45, 2.75) is 46.0 Å². The van der Waals surface area contributed by atoms with Crippen LogP contribution >= 0.6 is 0 Å². The third kappa shape index (κ3) is 5.68. The van der Waals surface area contributed by atoms with Gasteiger partial charge in [-0.05, 0) is 51.2 Å². The van der Waals surface area contributed by atoms with Gasteiger partial charge in [0.2, 0.25) is 0 Å². The third-order valence-corrected chi connectivity index (χ3v) is 3.98. The summed E-state index contributed by atoms with van der Waals surface area (Å²) in [5.41, 5.74) is 0.440. The molecule has 1 aliphatic rings. The van der Waals surface area contributed by atoms with Crippen LogP contribution in [0, 0.1) is 5.41 Å². The molecule has 0 aromatic heterocycles. The summed E-state index contributed by atoms with van der Waals surface area (Å²) in [5.74, 6) is 0. The van der Waals surface area contributed by atoms with E-state index in [0.717, 1.165) is 26.3 Å². The van der Waals surface area contributed by atoms with Crippen LogP contribution < -0.4 is 5.32 Å². The lowest BCUT2D eigenvalue weighted by atomic mass is 9.79. The summed E-state index contributed by atoms with van der Waals surface area (Å²) in [7, 11) is 2.27. The molecule has 1 aliphatic heterocycles. The lowest BCUT2D eigenvalue weighted by molar-refractivity contribution is -0.000608. The number of unbranched alkanes of at least 4 members (excludes halogenated alkanes) is 1. The largest absolute Gasteiger partial charge is 0.381 e. The average Bonchev–Trinajstić information content (AvgIpc) is 2.38. The molecule has 1 saturated heterocycles. The number of ether oxygens (including phenoxy) is 1. The van der Waals surface area contributed by atoms with E-state index in [1.54, 1.807) is 0 Å². The Morgan fingerprint density at radius 3 is 2.50 bits per heavy atom. The predicted octanol–water partition coefficient (Wildman–Crippen LogP) is 2.51. The Labute approximate surface area is 113 Å². The number of hydrogen-bond acceptors (Lipinski definition) is 3. The van der Waals surface area contributed by atoms with Crippen LogP contribution in [0.15, 0.2) is 0 Å². The Kier molecular flexibility index (Phi) is 7.87. The van der Waals surface area contributed by atoms with Crippen molar-refractivity contribution in [2.75, 3.05) is 46.4 Å². The van der Waals surface area contributed by atoms with Crippen LogP contribution in [0.2, 0.25) is 0 Å². The summed E-state index contributed by atoms with van der Waals surface area (Å²) in [5, 5.41) is 3.62. The highest BCUT2D eigenvalue weighted by Crippen LogP contribution is 2.30. The molecule has 1 N–H and O–H groups in total. The molecule has 1 heterocycles. The van der Waals surface area contributed by atoms with Crippen LogP contribution in [-0.2, 0) is 4.74 Å². The summed E-state index contributed by atoms with van der Waals surface area (Å²) < 4.78 is 5.55. The molecular formula is C15H32N2O. The summed E-state index contributed by atoms with van der Waals surface area (Å²) in [6.07, 6.45) is 6.23. The van der Waals surface area contributed by atoms with Crippen molar-refractivity contribution in [3.05, 3.63) is 0 Å². The summed E-state index contributed by atoms with van der Waals surface area (Å²) in [6.45, 7) is 11.1. The van der Waals surface area contributed by atoms with Crippen molar-refractivity contribution in [3.63, 3.8) is 0 Å². The van der Waals surface area contributed by atoms with Crippen molar-refractivity contribution in [1.29, 1.82) is 0 Å². The van der Waals surface area contributed by atoms with Gasteiger partial charge >= 0.3 is 0 Å². The number of nitrogens with zero attached hydrogens (tertiary/aromatic N) is 1. The maximum absolute atomic E-state index is 5.55. The van der Waals surface area contributed by atoms with E-state index < -0.39 is 0 Å². The molecule has 0 spiro atoms. The van der Waals surface area contributed by atoms with Gasteiger partial charge in [-0.2, -0.15) is 0 Å². The number of hydrogen-bond donors (Lipinski definition) is 1. The van der Waals surface area contributed by atoms with E-state index in [2.05, 4.69) is 31.1 Å². The molecule has 0 aromatic carbocycles. The zero-order chi connectivity index (χ0) is 13.3. The standard InChI is InChI=1S/C15H32N2O/c1-4-6-10-17(3)14-15(13-16-9-5-2)7-11-18-12-8-15/h16H,4-14H2,1-3H3. The van der Waals surface area contributed by atoms with Crippen molar-refractivity contribution in [2.24, 2.45) is 5.41 Å². The smallest absolute Gasteiger partial charge is 0.0472 e. The molecule has 0 bridgehead atoms. The second-order valence-corrected chi connectivity index (χ2v) is 5.88. The first-order chi connectivity index (χ1) is 8.72. The van der Waals surface area contributed by atoms with E-state index in [-0.39, 0.29) is 0 Å². The quantitative estimate of drug-likeness (QED) is 0.642. The van der Waals surface area contributed by atoms with Crippen LogP contribution in [0.5, 0.6) is 0 Å². The van der Waals surface area contributed by atoms with E-state index in [4.69, 9.17) is 4.74 Å². The van der Waals surface area contributed by atoms with Gasteiger partial charge in [-0.15, -0.1) is 0 Å². The molecule has 0 radical (unpaired) electrons. The van der Waals surface area contributed by atoms with Gasteiger partial charge in [-0.3, -0.25) is 0 Å². The van der Waals surface area contributed by atoms with Gasteiger partial charge in [0, 0.05) is 26.3 Å². The van der Waals surface area contributed by atoms with Gasteiger partial charge in [-0.25, -0.2) is 0 Å².